The van der Waals surface area contributed by atoms with Gasteiger partial charge in [-0.25, -0.2) is 0 Å². The van der Waals surface area contributed by atoms with E-state index in [1.165, 1.54) is 34.8 Å². The van der Waals surface area contributed by atoms with Crippen LogP contribution in [0.25, 0.3) is 20.3 Å². The summed E-state index contributed by atoms with van der Waals surface area (Å²) in [6.07, 6.45) is 0. The number of hydrogen-bond acceptors (Lipinski definition) is 6. The van der Waals surface area contributed by atoms with Gasteiger partial charge in [-0.3, -0.25) is 20.2 Å². The number of nitro groups is 1. The van der Waals surface area contributed by atoms with E-state index in [9.17, 15) is 14.9 Å². The van der Waals surface area contributed by atoms with Gasteiger partial charge in [0.15, 0.2) is 4.80 Å². The van der Waals surface area contributed by atoms with Crippen LogP contribution in [0.1, 0.15) is 9.67 Å². The first kappa shape index (κ1) is 19.6. The highest BCUT2D eigenvalue weighted by molar-refractivity contribution is 7.80. The molecule has 4 rings (SSSR count). The minimum Gasteiger partial charge on any atom is -0.319 e. The number of halogens is 1. The van der Waals surface area contributed by atoms with Gasteiger partial charge in [0.2, 0.25) is 5.11 Å². The van der Waals surface area contributed by atoms with Crippen LogP contribution < -0.4 is 10.1 Å². The summed E-state index contributed by atoms with van der Waals surface area (Å²) >= 11 is 13.9. The number of aryl methyl sites for hydroxylation is 1. The van der Waals surface area contributed by atoms with Crippen LogP contribution in [0.4, 0.5) is 5.69 Å². The van der Waals surface area contributed by atoms with Gasteiger partial charge in [-0.1, -0.05) is 22.9 Å². The van der Waals surface area contributed by atoms with E-state index in [0.29, 0.717) is 20.1 Å². The van der Waals surface area contributed by atoms with Crippen molar-refractivity contribution < 1.29 is 9.72 Å². The molecular weight excluding hydrogens is 452 g/mol. The molecule has 1 amide bonds. The number of carbonyl (C=O) groups excluding carboxylic acids is 1. The van der Waals surface area contributed by atoms with Crippen LogP contribution in [0.3, 0.4) is 0 Å². The van der Waals surface area contributed by atoms with E-state index in [1.54, 1.807) is 18.2 Å². The highest BCUT2D eigenvalue weighted by Crippen LogP contribution is 2.29. The summed E-state index contributed by atoms with van der Waals surface area (Å²) < 4.78 is 3.60. The standard InChI is InChI=1S/C18H11ClN4O3S3/c1-22-12-4-2-10(19)8-14(12)29-18(22)21-17(27)20-16(24)15-7-9-6-11(23(25)26)3-5-13(9)28-15/h2-8H,1H3,(H,20,24,27). The average Bonchev–Trinajstić information content (AvgIpc) is 3.22. The molecule has 0 saturated heterocycles. The van der Waals surface area contributed by atoms with Crippen LogP contribution in [0.15, 0.2) is 47.5 Å². The van der Waals surface area contributed by atoms with Crippen molar-refractivity contribution in [3.8, 4) is 0 Å². The van der Waals surface area contributed by atoms with Crippen LogP contribution >= 0.6 is 46.5 Å². The molecule has 7 nitrogen and oxygen atoms in total. The first-order valence-electron chi connectivity index (χ1n) is 8.15. The van der Waals surface area contributed by atoms with Crippen LogP contribution in [-0.2, 0) is 7.05 Å². The summed E-state index contributed by atoms with van der Waals surface area (Å²) in [5, 5.41) is 14.8. The summed E-state index contributed by atoms with van der Waals surface area (Å²) in [6, 6.07) is 11.6. The molecule has 11 heteroatoms. The number of hydrogen-bond donors (Lipinski definition) is 1. The maximum atomic E-state index is 12.5. The third-order valence-corrected chi connectivity index (χ3v) is 6.76. The maximum absolute atomic E-state index is 12.5. The molecular formula is C18H11ClN4O3S3. The fourth-order valence-corrected chi connectivity index (χ4v) is 5.22. The third kappa shape index (κ3) is 3.92. The van der Waals surface area contributed by atoms with Gasteiger partial charge in [0.1, 0.15) is 0 Å². The van der Waals surface area contributed by atoms with Gasteiger partial charge in [0.25, 0.3) is 11.6 Å². The normalized spacial score (nSPS) is 11.9. The van der Waals surface area contributed by atoms with Crippen molar-refractivity contribution in [2.75, 3.05) is 0 Å². The molecule has 0 bridgehead atoms. The van der Waals surface area contributed by atoms with Crippen molar-refractivity contribution in [1.29, 1.82) is 0 Å². The molecule has 0 unspecified atom stereocenters. The predicted octanol–water partition coefficient (Wildman–Crippen LogP) is 4.63. The van der Waals surface area contributed by atoms with Crippen molar-refractivity contribution in [1.82, 2.24) is 9.88 Å². The maximum Gasteiger partial charge on any atom is 0.270 e. The van der Waals surface area contributed by atoms with Gasteiger partial charge in [-0.05, 0) is 42.5 Å². The highest BCUT2D eigenvalue weighted by atomic mass is 35.5. The zero-order chi connectivity index (χ0) is 20.7. The number of fused-ring (bicyclic) bond motifs is 2. The molecule has 0 saturated carbocycles. The Morgan fingerprint density at radius 1 is 1.21 bits per heavy atom. The number of amides is 1. The number of benzene rings is 2. The fourth-order valence-electron chi connectivity index (χ4n) is 2.74. The number of carbonyl (C=O) groups is 1. The van der Waals surface area contributed by atoms with E-state index in [4.69, 9.17) is 23.8 Å². The molecule has 0 radical (unpaired) electrons. The van der Waals surface area contributed by atoms with E-state index in [2.05, 4.69) is 10.3 Å². The molecule has 0 aliphatic heterocycles. The van der Waals surface area contributed by atoms with Crippen LogP contribution in [-0.4, -0.2) is 20.5 Å². The lowest BCUT2D eigenvalue weighted by Crippen LogP contribution is -2.29. The molecule has 2 aromatic carbocycles. The highest BCUT2D eigenvalue weighted by Gasteiger charge is 2.14. The van der Waals surface area contributed by atoms with E-state index in [0.717, 1.165) is 14.9 Å². The third-order valence-electron chi connectivity index (χ3n) is 4.12. The number of nitrogens with one attached hydrogen (secondary N) is 1. The van der Waals surface area contributed by atoms with E-state index >= 15 is 0 Å². The Morgan fingerprint density at radius 2 is 2.00 bits per heavy atom. The Labute approximate surface area is 182 Å². The first-order valence-corrected chi connectivity index (χ1v) is 10.6. The summed E-state index contributed by atoms with van der Waals surface area (Å²) in [4.78, 5) is 28.3. The van der Waals surface area contributed by atoms with Gasteiger partial charge >= 0.3 is 0 Å². The molecule has 0 spiro atoms. The Balaban J connectivity index is 1.59. The molecule has 146 valence electrons. The van der Waals surface area contributed by atoms with E-state index in [1.807, 2.05) is 23.7 Å². The minimum absolute atomic E-state index is 0.0230. The number of non-ortho nitro benzene ring substituents is 1. The second kappa shape index (κ2) is 7.64. The number of thiophene rings is 1. The second-order valence-corrected chi connectivity index (χ2v) is 8.93. The smallest absolute Gasteiger partial charge is 0.270 e. The molecule has 2 heterocycles. The lowest BCUT2D eigenvalue weighted by atomic mass is 10.2. The Bertz CT molecular complexity index is 1390. The Hall–Kier alpha value is -2.66. The molecule has 29 heavy (non-hydrogen) atoms. The number of aromatic nitrogens is 1. The zero-order valence-electron chi connectivity index (χ0n) is 14.7. The number of thiocarbonyl (C=S) groups is 1. The SMILES string of the molecule is Cn1c(=NC(=S)NC(=O)c2cc3cc([N+](=O)[O-])ccc3s2)sc2cc(Cl)ccc21. The van der Waals surface area contributed by atoms with Gasteiger partial charge in [0.05, 0.1) is 20.0 Å². The van der Waals surface area contributed by atoms with Gasteiger partial charge in [0, 0.05) is 34.3 Å². The second-order valence-electron chi connectivity index (χ2n) is 6.02. The first-order chi connectivity index (χ1) is 13.8. The summed E-state index contributed by atoms with van der Waals surface area (Å²) in [5.74, 6) is -0.408. The fraction of sp³-hybridized carbons (Fsp3) is 0.0556. The topological polar surface area (TPSA) is 89.5 Å². The van der Waals surface area contributed by atoms with E-state index in [-0.39, 0.29) is 10.8 Å². The Morgan fingerprint density at radius 3 is 2.76 bits per heavy atom. The van der Waals surface area contributed by atoms with Crippen molar-refractivity contribution >= 4 is 83.5 Å². The van der Waals surface area contributed by atoms with Gasteiger partial charge < -0.3 is 4.57 Å². The minimum atomic E-state index is -0.469. The molecule has 1 N–H and O–H groups in total. The van der Waals surface area contributed by atoms with Crippen molar-refractivity contribution in [3.63, 3.8) is 0 Å². The van der Waals surface area contributed by atoms with Crippen molar-refractivity contribution in [3.05, 3.63) is 67.3 Å². The van der Waals surface area contributed by atoms with Crippen molar-refractivity contribution in [2.24, 2.45) is 12.0 Å². The Kier molecular flexibility index (Phi) is 5.17. The lowest BCUT2D eigenvalue weighted by molar-refractivity contribution is -0.384. The molecule has 0 fully saturated rings. The predicted molar refractivity (Wildman–Crippen MR) is 120 cm³/mol. The number of thiazole rings is 1. The number of rotatable bonds is 2. The largest absolute Gasteiger partial charge is 0.319 e. The van der Waals surface area contributed by atoms with Crippen molar-refractivity contribution in [2.45, 2.75) is 0 Å². The van der Waals surface area contributed by atoms with Gasteiger partial charge in [-0.15, -0.1) is 11.3 Å². The summed E-state index contributed by atoms with van der Waals surface area (Å²) in [6.45, 7) is 0. The van der Waals surface area contributed by atoms with Crippen LogP contribution in [0, 0.1) is 10.1 Å². The molecule has 4 aromatic rings. The summed E-state index contributed by atoms with van der Waals surface area (Å²) in [5.41, 5.74) is 0.934. The monoisotopic (exact) mass is 462 g/mol. The lowest BCUT2D eigenvalue weighted by Gasteiger charge is -2.00. The average molecular weight is 463 g/mol. The molecule has 0 atom stereocenters. The zero-order valence-corrected chi connectivity index (χ0v) is 17.9. The van der Waals surface area contributed by atoms with Crippen LogP contribution in [0.2, 0.25) is 5.02 Å². The quantitative estimate of drug-likeness (QED) is 0.267. The van der Waals surface area contributed by atoms with E-state index < -0.39 is 10.8 Å². The number of nitrogens with zero attached hydrogens (tertiary/aromatic N) is 3. The summed E-state index contributed by atoms with van der Waals surface area (Å²) in [7, 11) is 1.86. The number of nitro benzene ring substituents is 1. The van der Waals surface area contributed by atoms with Gasteiger partial charge in [-0.2, -0.15) is 4.99 Å². The van der Waals surface area contributed by atoms with Crippen LogP contribution in [0.5, 0.6) is 0 Å². The molecule has 2 aromatic heterocycles. The molecule has 0 aliphatic rings. The molecule has 0 aliphatic carbocycles.